The predicted molar refractivity (Wildman–Crippen MR) is 157 cm³/mol. The number of hydrogen-bond donors (Lipinski definition) is 0. The summed E-state index contributed by atoms with van der Waals surface area (Å²) in [4.78, 5) is 0. The van der Waals surface area contributed by atoms with Crippen molar-refractivity contribution >= 4 is 17.6 Å². The van der Waals surface area contributed by atoms with Gasteiger partial charge in [0.2, 0.25) is 0 Å². The van der Waals surface area contributed by atoms with Crippen molar-refractivity contribution in [2.45, 2.75) is 34.2 Å². The molecule has 0 aromatic heterocycles. The summed E-state index contributed by atoms with van der Waals surface area (Å²) < 4.78 is 43.4. The molecule has 2 unspecified atom stereocenters. The first kappa shape index (κ1) is 27.1. The van der Waals surface area contributed by atoms with Gasteiger partial charge >= 0.3 is 238 Å². The van der Waals surface area contributed by atoms with E-state index in [0.717, 1.165) is 0 Å². The van der Waals surface area contributed by atoms with Crippen molar-refractivity contribution in [2.75, 3.05) is 0 Å². The second-order valence-electron chi connectivity index (χ2n) is 11.2. The Bertz CT molecular complexity index is 1620. The van der Waals surface area contributed by atoms with Crippen molar-refractivity contribution in [3.8, 4) is 11.5 Å². The normalized spacial score (nSPS) is 18.0. The van der Waals surface area contributed by atoms with Crippen LogP contribution in [-0.2, 0) is 18.3 Å². The molecule has 0 bridgehead atoms. The maximum atomic E-state index is 14.2. The van der Waals surface area contributed by atoms with Crippen LogP contribution in [0.4, 0.5) is 8.78 Å². The van der Waals surface area contributed by atoms with Gasteiger partial charge in [-0.25, -0.2) is 0 Å². The van der Waals surface area contributed by atoms with E-state index >= 15 is 0 Å². The molecule has 2 aliphatic rings. The molecule has 4 aromatic carbocycles. The molecule has 202 valence electrons. The fourth-order valence-corrected chi connectivity index (χ4v) is 40.1. The average Bonchev–Trinajstić information content (AvgIpc) is 3.47. The van der Waals surface area contributed by atoms with Gasteiger partial charge in [-0.3, -0.25) is 0 Å². The zero-order valence-corrected chi connectivity index (χ0v) is 26.6. The van der Waals surface area contributed by atoms with E-state index in [1.807, 2.05) is 0 Å². The van der Waals surface area contributed by atoms with Gasteiger partial charge in [0.25, 0.3) is 0 Å². The molecule has 0 saturated heterocycles. The Morgan fingerprint density at radius 3 is 1.32 bits per heavy atom. The van der Waals surface area contributed by atoms with Crippen molar-refractivity contribution < 1.29 is 32.7 Å². The average molecular weight is 630 g/mol. The number of allylic oxidation sites excluding steroid dienone is 2. The van der Waals surface area contributed by atoms with Gasteiger partial charge in [-0.15, -0.1) is 0 Å². The van der Waals surface area contributed by atoms with Crippen molar-refractivity contribution in [3.63, 3.8) is 0 Å². The SMILES string of the molecule is CC1=Cc2ccccc2[CH]1[Zr]([O]c1ccc(F)cc1)([O]c1ccc(F)cc1)([CH]1C(C)=Cc2ccccc21)=[Si](C)C. The first-order valence-electron chi connectivity index (χ1n) is 13.6. The minimum atomic E-state index is -5.40. The molecule has 2 aliphatic carbocycles. The summed E-state index contributed by atoms with van der Waals surface area (Å²) in [5.41, 5.74) is 5.75. The number of hydrogen-bond acceptors (Lipinski definition) is 2. The van der Waals surface area contributed by atoms with Gasteiger partial charge in [0, 0.05) is 0 Å². The van der Waals surface area contributed by atoms with Crippen molar-refractivity contribution in [1.82, 2.24) is 0 Å². The van der Waals surface area contributed by atoms with Crippen LogP contribution in [0.2, 0.25) is 13.1 Å². The molecule has 0 aliphatic heterocycles. The number of fused-ring (bicyclic) bond motifs is 2. The van der Waals surface area contributed by atoms with Gasteiger partial charge < -0.3 is 0 Å². The molecule has 0 amide bonds. The van der Waals surface area contributed by atoms with Crippen LogP contribution in [0.3, 0.4) is 0 Å². The Hall–Kier alpha value is -3.08. The fraction of sp³-hybridized carbons (Fsp3) is 0.176. The molecule has 2 atom stereocenters. The van der Waals surface area contributed by atoms with Crippen LogP contribution in [-0.4, -0.2) is 5.43 Å². The van der Waals surface area contributed by atoms with Gasteiger partial charge in [0.15, 0.2) is 0 Å². The molecule has 0 fully saturated rings. The third kappa shape index (κ3) is 4.11. The van der Waals surface area contributed by atoms with Gasteiger partial charge in [-0.1, -0.05) is 0 Å². The maximum absolute atomic E-state index is 14.2. The van der Waals surface area contributed by atoms with Crippen LogP contribution < -0.4 is 5.63 Å². The molecule has 40 heavy (non-hydrogen) atoms. The van der Waals surface area contributed by atoms with E-state index in [1.54, 1.807) is 24.3 Å². The van der Waals surface area contributed by atoms with Crippen molar-refractivity contribution in [3.05, 3.63) is 142 Å². The molecular weight excluding hydrogens is 598 g/mol. The first-order valence-corrected chi connectivity index (χ1v) is 24.7. The Balaban J connectivity index is 1.78. The van der Waals surface area contributed by atoms with Crippen LogP contribution in [0.25, 0.3) is 12.2 Å². The van der Waals surface area contributed by atoms with Crippen molar-refractivity contribution in [2.24, 2.45) is 0 Å². The van der Waals surface area contributed by atoms with E-state index in [0.29, 0.717) is 11.5 Å². The van der Waals surface area contributed by atoms with E-state index in [-0.39, 0.29) is 18.9 Å². The zero-order valence-electron chi connectivity index (χ0n) is 23.1. The molecule has 4 aromatic rings. The Morgan fingerprint density at radius 1 is 0.575 bits per heavy atom. The van der Waals surface area contributed by atoms with Crippen LogP contribution in [0.1, 0.15) is 43.4 Å². The summed E-state index contributed by atoms with van der Waals surface area (Å²) in [6.45, 7) is 8.99. The molecule has 0 radical (unpaired) electrons. The molecule has 6 rings (SSSR count). The third-order valence-electron chi connectivity index (χ3n) is 8.65. The molecule has 6 heteroatoms. The number of benzene rings is 4. The molecule has 0 saturated carbocycles. The monoisotopic (exact) mass is 628 g/mol. The third-order valence-corrected chi connectivity index (χ3v) is 42.2. The number of rotatable bonds is 6. The van der Waals surface area contributed by atoms with E-state index in [1.165, 1.54) is 57.7 Å². The standard InChI is InChI=1S/2C10H9.2C6H5FO.C2H6Si.Zr/c2*1-8-6-9-4-2-3-5-10(9)7-8;2*7-5-1-3-6(8)4-2-5;1-3-2;/h2*2-7H,1H3;2*1-4,8H;1-2H3;/q;;;;;+2/p-2. The summed E-state index contributed by atoms with van der Waals surface area (Å²) in [5.74, 6) is 0.582. The van der Waals surface area contributed by atoms with Gasteiger partial charge in [0.05, 0.1) is 0 Å². The Kier molecular flexibility index (Phi) is 6.83. The van der Waals surface area contributed by atoms with E-state index in [2.05, 4.69) is 87.6 Å². The second kappa shape index (κ2) is 10.1. The van der Waals surface area contributed by atoms with Crippen LogP contribution in [0.5, 0.6) is 11.5 Å². The molecule has 0 N–H and O–H groups in total. The van der Waals surface area contributed by atoms with Crippen LogP contribution in [0.15, 0.2) is 108 Å². The molecule has 2 nitrogen and oxygen atoms in total. The van der Waals surface area contributed by atoms with Crippen molar-refractivity contribution in [1.29, 1.82) is 0 Å². The molecule has 0 heterocycles. The van der Waals surface area contributed by atoms with Gasteiger partial charge in [-0.2, -0.15) is 0 Å². The second-order valence-corrected chi connectivity index (χ2v) is 36.2. The molecular formula is C34H32F2O2SiZr. The topological polar surface area (TPSA) is 18.5 Å². The van der Waals surface area contributed by atoms with Crippen LogP contribution in [0, 0.1) is 11.6 Å². The first-order chi connectivity index (χ1) is 19.2. The quantitative estimate of drug-likeness (QED) is 0.198. The molecule has 0 spiro atoms. The number of halogens is 2. The van der Waals surface area contributed by atoms with E-state index in [4.69, 9.17) is 5.63 Å². The summed E-state index contributed by atoms with van der Waals surface area (Å²) in [6.07, 6.45) is 4.53. The Morgan fingerprint density at radius 2 is 0.950 bits per heavy atom. The van der Waals surface area contributed by atoms with E-state index < -0.39 is 23.7 Å². The van der Waals surface area contributed by atoms with Crippen LogP contribution >= 0.6 is 0 Å². The van der Waals surface area contributed by atoms with Gasteiger partial charge in [0.1, 0.15) is 0 Å². The zero-order chi connectivity index (χ0) is 28.1. The Labute approximate surface area is 236 Å². The predicted octanol–water partition coefficient (Wildman–Crippen LogP) is 9.51. The fourth-order valence-electron chi connectivity index (χ4n) is 7.11. The summed E-state index contributed by atoms with van der Waals surface area (Å²) in [7, 11) is 0. The minimum absolute atomic E-state index is 0.101. The summed E-state index contributed by atoms with van der Waals surface area (Å²) >= 11 is -5.40. The summed E-state index contributed by atoms with van der Waals surface area (Å²) in [5, 5.41) is 0. The summed E-state index contributed by atoms with van der Waals surface area (Å²) in [6, 6.07) is 29.7. The van der Waals surface area contributed by atoms with E-state index in [9.17, 15) is 8.78 Å². The van der Waals surface area contributed by atoms with Gasteiger partial charge in [-0.05, 0) is 0 Å².